The minimum Gasteiger partial charge on any atom is -0.305 e. The molecule has 0 N–H and O–H groups in total. The van der Waals surface area contributed by atoms with Gasteiger partial charge in [-0.25, -0.2) is 29.1 Å². The zero-order valence-corrected chi connectivity index (χ0v) is 11.7. The lowest BCUT2D eigenvalue weighted by atomic mass is 10.3. The van der Waals surface area contributed by atoms with E-state index in [-0.39, 0.29) is 12.8 Å². The summed E-state index contributed by atoms with van der Waals surface area (Å²) in [5.41, 5.74) is 0. The van der Waals surface area contributed by atoms with E-state index in [1.807, 2.05) is 0 Å². The normalized spacial score (nSPS) is 8.60. The van der Waals surface area contributed by atoms with Gasteiger partial charge in [0.05, 0.1) is 12.8 Å². The van der Waals surface area contributed by atoms with E-state index in [1.54, 1.807) is 25.8 Å². The van der Waals surface area contributed by atoms with Crippen LogP contribution in [0, 0.1) is 24.1 Å². The molecule has 0 radical (unpaired) electrons. The van der Waals surface area contributed by atoms with Crippen LogP contribution in [0.4, 0.5) is 0 Å². The van der Waals surface area contributed by atoms with E-state index in [0.717, 1.165) is 0 Å². The van der Waals surface area contributed by atoms with Crippen LogP contribution >= 0.6 is 0 Å². The van der Waals surface area contributed by atoms with Crippen molar-refractivity contribution in [1.29, 1.82) is 0 Å². The molecule has 110 valence electrons. The van der Waals surface area contributed by atoms with Gasteiger partial charge in [0.1, 0.15) is 0 Å². The monoisotopic (exact) mass is 283 g/mol. The van der Waals surface area contributed by atoms with Crippen LogP contribution in [0.25, 0.3) is 0 Å². The van der Waals surface area contributed by atoms with Gasteiger partial charge in [-0.15, -0.1) is 0 Å². The van der Waals surface area contributed by atoms with Crippen molar-refractivity contribution < 1.29 is 29.1 Å². The molecule has 20 heavy (non-hydrogen) atoms. The molecule has 0 aromatic rings. The molecule has 0 rings (SSSR count). The van der Waals surface area contributed by atoms with Crippen LogP contribution in [-0.2, 0) is 29.1 Å². The summed E-state index contributed by atoms with van der Waals surface area (Å²) in [7, 11) is 1.75. The second kappa shape index (κ2) is 11.7. The van der Waals surface area contributed by atoms with Crippen LogP contribution in [0.2, 0.25) is 0 Å². The van der Waals surface area contributed by atoms with Crippen LogP contribution in [0.5, 0.6) is 0 Å². The molecule has 0 aliphatic heterocycles. The van der Waals surface area contributed by atoms with E-state index < -0.39 is 11.9 Å². The second-order valence-corrected chi connectivity index (χ2v) is 3.58. The average Bonchev–Trinajstić information content (AvgIpc) is 2.43. The minimum atomic E-state index is -0.538. The molecular formula is C13H17NO6. The first kappa shape index (κ1) is 17.6. The molecule has 0 heterocycles. The van der Waals surface area contributed by atoms with Gasteiger partial charge in [0, 0.05) is 26.9 Å². The third-order valence-corrected chi connectivity index (χ3v) is 1.95. The standard InChI is InChI=1S/C13H17NO6/c1-4-10-17-19-12(15)6-8-14(3)9-7-13(16)20-18-11-5-2/h6-9H2,1-3H3. The topological polar surface area (TPSA) is 74.3 Å². The Morgan fingerprint density at radius 2 is 1.30 bits per heavy atom. The molecule has 0 fully saturated rings. The summed E-state index contributed by atoms with van der Waals surface area (Å²) >= 11 is 0. The number of hydrogen-bond acceptors (Lipinski definition) is 7. The second-order valence-electron chi connectivity index (χ2n) is 3.58. The fourth-order valence-corrected chi connectivity index (χ4v) is 0.977. The molecule has 0 aliphatic rings. The zero-order valence-electron chi connectivity index (χ0n) is 11.7. The molecule has 0 unspecified atom stereocenters. The summed E-state index contributed by atoms with van der Waals surface area (Å²) in [4.78, 5) is 41.4. The Labute approximate surface area is 118 Å². The van der Waals surface area contributed by atoms with Gasteiger partial charge in [0.2, 0.25) is 0 Å². The van der Waals surface area contributed by atoms with Crippen LogP contribution < -0.4 is 0 Å². The van der Waals surface area contributed by atoms with Gasteiger partial charge in [-0.3, -0.25) is 0 Å². The van der Waals surface area contributed by atoms with Gasteiger partial charge >= 0.3 is 11.9 Å². The van der Waals surface area contributed by atoms with Crippen LogP contribution in [0.3, 0.4) is 0 Å². The van der Waals surface area contributed by atoms with Gasteiger partial charge in [0.25, 0.3) is 0 Å². The lowest BCUT2D eigenvalue weighted by Gasteiger charge is -2.14. The molecule has 0 aromatic heterocycles. The number of rotatable bonds is 8. The van der Waals surface area contributed by atoms with Crippen molar-refractivity contribution in [2.75, 3.05) is 20.1 Å². The van der Waals surface area contributed by atoms with Gasteiger partial charge in [0.15, 0.2) is 12.2 Å². The van der Waals surface area contributed by atoms with Gasteiger partial charge in [-0.05, 0) is 7.05 Å². The van der Waals surface area contributed by atoms with Gasteiger partial charge < -0.3 is 4.90 Å². The summed E-state index contributed by atoms with van der Waals surface area (Å²) in [6.45, 7) is 3.92. The molecule has 0 aliphatic carbocycles. The van der Waals surface area contributed by atoms with Crippen molar-refractivity contribution >= 4 is 11.9 Å². The lowest BCUT2D eigenvalue weighted by Crippen LogP contribution is -2.25. The maximum Gasteiger partial charge on any atom is 0.357 e. The SMILES string of the molecule is CC#COOC(=O)CCN(C)CCC(=O)OOC#CC. The quantitative estimate of drug-likeness (QED) is 0.367. The predicted octanol–water partition coefficient (Wildman–Crippen LogP) is 0.610. The molecular weight excluding hydrogens is 266 g/mol. The van der Waals surface area contributed by atoms with Crippen molar-refractivity contribution in [2.45, 2.75) is 26.7 Å². The Kier molecular flexibility index (Phi) is 10.3. The van der Waals surface area contributed by atoms with Gasteiger partial charge in [-0.1, -0.05) is 11.8 Å². The first-order valence-corrected chi connectivity index (χ1v) is 5.84. The molecule has 0 saturated heterocycles. The maximum absolute atomic E-state index is 11.2. The van der Waals surface area contributed by atoms with Crippen molar-refractivity contribution in [3.63, 3.8) is 0 Å². The Morgan fingerprint density at radius 3 is 1.65 bits per heavy atom. The largest absolute Gasteiger partial charge is 0.357 e. The Bertz CT molecular complexity index is 386. The highest BCUT2D eigenvalue weighted by atomic mass is 17.2. The fourth-order valence-electron chi connectivity index (χ4n) is 0.977. The van der Waals surface area contributed by atoms with Crippen molar-refractivity contribution in [3.8, 4) is 24.1 Å². The summed E-state index contributed by atoms with van der Waals surface area (Å²) in [6.07, 6.45) is 4.52. The molecule has 0 amide bonds. The third-order valence-electron chi connectivity index (χ3n) is 1.95. The Morgan fingerprint density at radius 1 is 0.900 bits per heavy atom. The summed E-state index contributed by atoms with van der Waals surface area (Å²) in [5, 5.41) is 0. The van der Waals surface area contributed by atoms with E-state index in [1.165, 1.54) is 0 Å². The lowest BCUT2D eigenvalue weighted by molar-refractivity contribution is -0.231. The minimum absolute atomic E-state index is 0.120. The highest BCUT2D eigenvalue weighted by molar-refractivity contribution is 5.69. The van der Waals surface area contributed by atoms with Crippen LogP contribution in [0.1, 0.15) is 26.7 Å². The molecule has 0 atom stereocenters. The van der Waals surface area contributed by atoms with Gasteiger partial charge in [-0.2, -0.15) is 0 Å². The summed E-state index contributed by atoms with van der Waals surface area (Å²) < 4.78 is 0. The molecule has 0 saturated carbocycles. The van der Waals surface area contributed by atoms with Crippen LogP contribution in [0.15, 0.2) is 0 Å². The molecule has 7 heteroatoms. The van der Waals surface area contributed by atoms with Crippen molar-refractivity contribution in [3.05, 3.63) is 0 Å². The zero-order chi connectivity index (χ0) is 15.2. The van der Waals surface area contributed by atoms with Crippen molar-refractivity contribution in [2.24, 2.45) is 0 Å². The molecule has 0 bridgehead atoms. The highest BCUT2D eigenvalue weighted by Gasteiger charge is 2.10. The Hall–Kier alpha value is -2.38. The van der Waals surface area contributed by atoms with Crippen molar-refractivity contribution in [1.82, 2.24) is 4.90 Å². The van der Waals surface area contributed by atoms with E-state index in [0.29, 0.717) is 13.1 Å². The number of carbonyl (C=O) groups is 2. The fraction of sp³-hybridized carbons (Fsp3) is 0.538. The van der Waals surface area contributed by atoms with E-state index in [4.69, 9.17) is 0 Å². The summed E-state index contributed by atoms with van der Waals surface area (Å²) in [5.74, 6) is 3.74. The number of nitrogens with zero attached hydrogens (tertiary/aromatic N) is 1. The average molecular weight is 283 g/mol. The van der Waals surface area contributed by atoms with E-state index in [9.17, 15) is 9.59 Å². The number of hydrogen-bond donors (Lipinski definition) is 0. The molecule has 0 aromatic carbocycles. The Balaban J connectivity index is 3.68. The molecule has 0 spiro atoms. The predicted molar refractivity (Wildman–Crippen MR) is 68.0 cm³/mol. The molecule has 7 nitrogen and oxygen atoms in total. The highest BCUT2D eigenvalue weighted by Crippen LogP contribution is 1.95. The maximum atomic E-state index is 11.2. The van der Waals surface area contributed by atoms with E-state index >= 15 is 0 Å². The number of carbonyl (C=O) groups excluding carboxylic acids is 2. The first-order chi connectivity index (χ1) is 9.60. The summed E-state index contributed by atoms with van der Waals surface area (Å²) in [6, 6.07) is 0. The smallest absolute Gasteiger partial charge is 0.305 e. The van der Waals surface area contributed by atoms with E-state index in [2.05, 4.69) is 43.6 Å². The van der Waals surface area contributed by atoms with Crippen LogP contribution in [-0.4, -0.2) is 37.0 Å². The third kappa shape index (κ3) is 10.8. The first-order valence-electron chi connectivity index (χ1n) is 5.84.